The van der Waals surface area contributed by atoms with Crippen molar-refractivity contribution in [3.05, 3.63) is 89.4 Å². The minimum absolute atomic E-state index is 0.0461. The van der Waals surface area contributed by atoms with E-state index in [1.807, 2.05) is 18.2 Å². The van der Waals surface area contributed by atoms with Crippen molar-refractivity contribution < 1.29 is 13.2 Å². The van der Waals surface area contributed by atoms with Gasteiger partial charge in [0.15, 0.2) is 5.01 Å². The van der Waals surface area contributed by atoms with E-state index in [-0.39, 0.29) is 10.5 Å². The maximum atomic E-state index is 12.5. The van der Waals surface area contributed by atoms with Crippen LogP contribution in [0.2, 0.25) is 5.02 Å². The summed E-state index contributed by atoms with van der Waals surface area (Å²) in [4.78, 5) is 12.6. The van der Waals surface area contributed by atoms with Crippen LogP contribution in [0.1, 0.15) is 10.4 Å². The van der Waals surface area contributed by atoms with Crippen molar-refractivity contribution in [3.63, 3.8) is 0 Å². The molecule has 10 heteroatoms. The molecule has 0 aliphatic rings. The van der Waals surface area contributed by atoms with Gasteiger partial charge < -0.3 is 0 Å². The molecule has 1 amide bonds. The average molecular weight is 471 g/mol. The Morgan fingerprint density at radius 3 is 2.26 bits per heavy atom. The van der Waals surface area contributed by atoms with Crippen LogP contribution in [0.25, 0.3) is 10.6 Å². The van der Waals surface area contributed by atoms with Gasteiger partial charge in [-0.2, -0.15) is 0 Å². The Kier molecular flexibility index (Phi) is 5.99. The lowest BCUT2D eigenvalue weighted by Crippen LogP contribution is -2.14. The number of carbonyl (C=O) groups is 1. The molecular weight excluding hydrogens is 456 g/mol. The molecule has 156 valence electrons. The highest BCUT2D eigenvalue weighted by molar-refractivity contribution is 7.92. The summed E-state index contributed by atoms with van der Waals surface area (Å²) in [5.74, 6) is -0.429. The SMILES string of the molecule is O=C(Nc1nnc(-c2ccccc2Cl)s1)c1ccc(S(=O)(=O)Nc2ccccc2)cc1. The first-order valence-corrected chi connectivity index (χ1v) is 11.7. The van der Waals surface area contributed by atoms with Crippen LogP contribution in [0.5, 0.6) is 0 Å². The monoisotopic (exact) mass is 470 g/mol. The zero-order valence-electron chi connectivity index (χ0n) is 15.8. The molecule has 0 fully saturated rings. The number of nitrogens with one attached hydrogen (secondary N) is 2. The van der Waals surface area contributed by atoms with E-state index in [0.29, 0.717) is 20.8 Å². The summed E-state index contributed by atoms with van der Waals surface area (Å²) in [5.41, 5.74) is 1.46. The minimum Gasteiger partial charge on any atom is -0.296 e. The summed E-state index contributed by atoms with van der Waals surface area (Å²) >= 11 is 7.36. The Bertz CT molecular complexity index is 1320. The molecule has 1 heterocycles. The van der Waals surface area contributed by atoms with Crippen LogP contribution in [0.4, 0.5) is 10.8 Å². The van der Waals surface area contributed by atoms with Crippen molar-refractivity contribution in [2.45, 2.75) is 4.90 Å². The second kappa shape index (κ2) is 8.84. The van der Waals surface area contributed by atoms with E-state index in [4.69, 9.17) is 11.6 Å². The van der Waals surface area contributed by atoms with Crippen molar-refractivity contribution in [1.29, 1.82) is 0 Å². The second-order valence-corrected chi connectivity index (χ2v) is 9.41. The van der Waals surface area contributed by atoms with E-state index in [2.05, 4.69) is 20.2 Å². The van der Waals surface area contributed by atoms with Gasteiger partial charge in [0.2, 0.25) is 5.13 Å². The van der Waals surface area contributed by atoms with E-state index in [1.165, 1.54) is 35.6 Å². The van der Waals surface area contributed by atoms with Crippen molar-refractivity contribution in [2.75, 3.05) is 10.0 Å². The molecule has 0 aliphatic heterocycles. The number of sulfonamides is 1. The molecule has 1 aromatic heterocycles. The highest BCUT2D eigenvalue weighted by Crippen LogP contribution is 2.31. The quantitative estimate of drug-likeness (QED) is 0.417. The van der Waals surface area contributed by atoms with Gasteiger partial charge in [-0.3, -0.25) is 14.8 Å². The van der Waals surface area contributed by atoms with Crippen LogP contribution < -0.4 is 10.0 Å². The Morgan fingerprint density at radius 1 is 0.871 bits per heavy atom. The molecular formula is C21H15ClN4O3S2. The van der Waals surface area contributed by atoms with Crippen LogP contribution in [0.15, 0.2) is 83.8 Å². The number of rotatable bonds is 6. The maximum absolute atomic E-state index is 12.5. The molecule has 2 N–H and O–H groups in total. The zero-order chi connectivity index (χ0) is 21.8. The van der Waals surface area contributed by atoms with Gasteiger partial charge >= 0.3 is 0 Å². The Hall–Kier alpha value is -3.27. The second-order valence-electron chi connectivity index (χ2n) is 6.34. The molecule has 31 heavy (non-hydrogen) atoms. The number of aromatic nitrogens is 2. The smallest absolute Gasteiger partial charge is 0.261 e. The normalized spacial score (nSPS) is 11.1. The topological polar surface area (TPSA) is 101 Å². The van der Waals surface area contributed by atoms with Crippen molar-refractivity contribution in [1.82, 2.24) is 10.2 Å². The van der Waals surface area contributed by atoms with Crippen LogP contribution >= 0.6 is 22.9 Å². The summed E-state index contributed by atoms with van der Waals surface area (Å²) in [6, 6.07) is 21.4. The summed E-state index contributed by atoms with van der Waals surface area (Å²) in [5, 5.41) is 12.1. The third-order valence-corrected chi connectivity index (χ3v) is 6.80. The summed E-state index contributed by atoms with van der Waals surface area (Å²) in [7, 11) is -3.76. The molecule has 0 bridgehead atoms. The molecule has 4 aromatic rings. The molecule has 0 spiro atoms. The van der Waals surface area contributed by atoms with E-state index < -0.39 is 15.9 Å². The highest BCUT2D eigenvalue weighted by atomic mass is 35.5. The number of amides is 1. The van der Waals surface area contributed by atoms with Crippen molar-refractivity contribution in [3.8, 4) is 10.6 Å². The molecule has 3 aromatic carbocycles. The standard InChI is InChI=1S/C21H15ClN4O3S2/c22-18-9-5-4-8-17(18)20-24-25-21(30-20)23-19(27)14-10-12-16(13-11-14)31(28,29)26-15-6-2-1-3-7-15/h1-13,26H,(H,23,25,27). The predicted molar refractivity (Wildman–Crippen MR) is 122 cm³/mol. The zero-order valence-corrected chi connectivity index (χ0v) is 18.2. The molecule has 0 saturated heterocycles. The first kappa shape index (κ1) is 21.0. The fraction of sp³-hybridized carbons (Fsp3) is 0. The van der Waals surface area contributed by atoms with Crippen LogP contribution in [0, 0.1) is 0 Å². The van der Waals surface area contributed by atoms with Gasteiger partial charge in [-0.05, 0) is 42.5 Å². The van der Waals surface area contributed by atoms with Crippen molar-refractivity contribution >= 4 is 49.7 Å². The number of benzene rings is 3. The fourth-order valence-electron chi connectivity index (χ4n) is 2.69. The molecule has 0 atom stereocenters. The van der Waals surface area contributed by atoms with E-state index in [1.54, 1.807) is 36.4 Å². The van der Waals surface area contributed by atoms with Gasteiger partial charge in [-0.1, -0.05) is 59.3 Å². The number of para-hydroxylation sites is 1. The van der Waals surface area contributed by atoms with Crippen LogP contribution in [-0.4, -0.2) is 24.5 Å². The number of nitrogens with zero attached hydrogens (tertiary/aromatic N) is 2. The van der Waals surface area contributed by atoms with Gasteiger partial charge in [0.25, 0.3) is 15.9 Å². The van der Waals surface area contributed by atoms with E-state index in [0.717, 1.165) is 5.56 Å². The van der Waals surface area contributed by atoms with Gasteiger partial charge in [0.05, 0.1) is 9.92 Å². The summed E-state index contributed by atoms with van der Waals surface area (Å²) in [6.07, 6.45) is 0. The van der Waals surface area contributed by atoms with Crippen molar-refractivity contribution in [2.24, 2.45) is 0 Å². The van der Waals surface area contributed by atoms with Gasteiger partial charge in [-0.25, -0.2) is 8.42 Å². The Balaban J connectivity index is 1.46. The van der Waals surface area contributed by atoms with Crippen LogP contribution in [0.3, 0.4) is 0 Å². The van der Waals surface area contributed by atoms with E-state index >= 15 is 0 Å². The Morgan fingerprint density at radius 2 is 1.55 bits per heavy atom. The average Bonchev–Trinajstić information content (AvgIpc) is 3.23. The number of hydrogen-bond acceptors (Lipinski definition) is 6. The van der Waals surface area contributed by atoms with Crippen LogP contribution in [-0.2, 0) is 10.0 Å². The van der Waals surface area contributed by atoms with E-state index in [9.17, 15) is 13.2 Å². The fourth-order valence-corrected chi connectivity index (χ4v) is 4.81. The Labute approximate surface area is 187 Å². The number of carbonyl (C=O) groups excluding carboxylic acids is 1. The molecule has 7 nitrogen and oxygen atoms in total. The van der Waals surface area contributed by atoms with Gasteiger partial charge in [0, 0.05) is 16.8 Å². The number of hydrogen-bond donors (Lipinski definition) is 2. The third-order valence-electron chi connectivity index (χ3n) is 4.20. The lowest BCUT2D eigenvalue weighted by atomic mass is 10.2. The third kappa shape index (κ3) is 4.91. The first-order valence-electron chi connectivity index (χ1n) is 9.00. The minimum atomic E-state index is -3.76. The first-order chi connectivity index (χ1) is 14.9. The molecule has 0 unspecified atom stereocenters. The van der Waals surface area contributed by atoms with Gasteiger partial charge in [0.1, 0.15) is 0 Å². The summed E-state index contributed by atoms with van der Waals surface area (Å²) in [6.45, 7) is 0. The summed E-state index contributed by atoms with van der Waals surface area (Å²) < 4.78 is 27.5. The lowest BCUT2D eigenvalue weighted by molar-refractivity contribution is 0.102. The number of anilines is 2. The number of halogens is 1. The molecule has 4 rings (SSSR count). The van der Waals surface area contributed by atoms with Gasteiger partial charge in [-0.15, -0.1) is 10.2 Å². The maximum Gasteiger partial charge on any atom is 0.261 e. The lowest BCUT2D eigenvalue weighted by Gasteiger charge is -2.08. The molecule has 0 aliphatic carbocycles. The highest BCUT2D eigenvalue weighted by Gasteiger charge is 2.16. The predicted octanol–water partition coefficient (Wildman–Crippen LogP) is 4.91. The molecule has 0 radical (unpaired) electrons. The molecule has 0 saturated carbocycles. The largest absolute Gasteiger partial charge is 0.296 e.